The maximum absolute atomic E-state index is 12.5. The van der Waals surface area contributed by atoms with E-state index in [0.717, 1.165) is 39.5 Å². The number of anilines is 2. The number of nitrogens with one attached hydrogen (secondary N) is 2. The lowest BCUT2D eigenvalue weighted by atomic mass is 10.0. The molecule has 10 heteroatoms. The van der Waals surface area contributed by atoms with Crippen LogP contribution in [0.4, 0.5) is 11.4 Å². The highest BCUT2D eigenvalue weighted by Gasteiger charge is 2.32. The van der Waals surface area contributed by atoms with Crippen LogP contribution in [-0.2, 0) is 32.2 Å². The molecule has 0 saturated carbocycles. The molecule has 0 spiro atoms. The Balaban J connectivity index is 1.08. The van der Waals surface area contributed by atoms with Gasteiger partial charge in [0, 0.05) is 43.3 Å². The minimum Gasteiger partial charge on any atom is -0.397 e. The molecule has 3 aromatic carbocycles. The van der Waals surface area contributed by atoms with Crippen LogP contribution < -0.4 is 16.4 Å². The van der Waals surface area contributed by atoms with Crippen molar-refractivity contribution in [2.24, 2.45) is 0 Å². The van der Waals surface area contributed by atoms with Crippen molar-refractivity contribution in [3.63, 3.8) is 0 Å². The van der Waals surface area contributed by atoms with Crippen molar-refractivity contribution < 1.29 is 24.2 Å². The van der Waals surface area contributed by atoms with Gasteiger partial charge in [0.2, 0.25) is 11.8 Å². The molecule has 9 nitrogen and oxygen atoms in total. The number of benzene rings is 3. The van der Waals surface area contributed by atoms with Crippen molar-refractivity contribution in [1.29, 1.82) is 0 Å². The monoisotopic (exact) mass is 654 g/mol. The van der Waals surface area contributed by atoms with Crippen molar-refractivity contribution in [1.82, 2.24) is 10.3 Å². The number of nitrogen functional groups attached to an aromatic ring is 1. The summed E-state index contributed by atoms with van der Waals surface area (Å²) < 4.78 is 12.9. The number of para-hydroxylation sites is 2. The van der Waals surface area contributed by atoms with Crippen molar-refractivity contribution in [2.45, 2.75) is 75.2 Å². The van der Waals surface area contributed by atoms with E-state index in [4.69, 9.17) is 15.2 Å². The summed E-state index contributed by atoms with van der Waals surface area (Å²) in [5.74, 6) is 0.645. The Bertz CT molecular complexity index is 1570. The van der Waals surface area contributed by atoms with E-state index >= 15 is 0 Å². The van der Waals surface area contributed by atoms with Crippen LogP contribution in [0, 0.1) is 0 Å². The Morgan fingerprint density at radius 3 is 2.26 bits per heavy atom. The molecule has 1 aromatic heterocycles. The summed E-state index contributed by atoms with van der Waals surface area (Å²) in [6, 6.07) is 28.9. The number of nitrogens with two attached hydrogens (primary N) is 1. The molecule has 1 aliphatic rings. The molecule has 1 fully saturated rings. The first kappa shape index (κ1) is 34.1. The third kappa shape index (κ3) is 10.7. The molecule has 246 valence electrons. The summed E-state index contributed by atoms with van der Waals surface area (Å²) in [5, 5.41) is 16.2. The second-order valence-electron chi connectivity index (χ2n) is 11.5. The summed E-state index contributed by atoms with van der Waals surface area (Å²) in [4.78, 5) is 29.1. The highest BCUT2D eigenvalue weighted by Crippen LogP contribution is 2.39. The zero-order valence-electron chi connectivity index (χ0n) is 26.3. The van der Waals surface area contributed by atoms with Crippen LogP contribution in [0.3, 0.4) is 0 Å². The van der Waals surface area contributed by atoms with E-state index in [1.165, 1.54) is 0 Å². The number of hydrogen-bond acceptors (Lipinski definition) is 8. The third-order valence-corrected chi connectivity index (χ3v) is 9.03. The molecule has 2 heterocycles. The summed E-state index contributed by atoms with van der Waals surface area (Å²) in [7, 11) is 0. The van der Waals surface area contributed by atoms with Gasteiger partial charge in [0.05, 0.1) is 35.2 Å². The topological polar surface area (TPSA) is 136 Å². The van der Waals surface area contributed by atoms with Gasteiger partial charge in [-0.25, -0.2) is 4.98 Å². The predicted molar refractivity (Wildman–Crippen MR) is 184 cm³/mol. The average Bonchev–Trinajstić information content (AvgIpc) is 3.11. The first-order valence-electron chi connectivity index (χ1n) is 16.0. The van der Waals surface area contributed by atoms with Gasteiger partial charge < -0.3 is 30.9 Å². The van der Waals surface area contributed by atoms with Crippen LogP contribution in [0.5, 0.6) is 0 Å². The lowest BCUT2D eigenvalue weighted by Gasteiger charge is -2.36. The number of hydrogen-bond donors (Lipinski definition) is 4. The molecule has 5 N–H and O–H groups in total. The minimum absolute atomic E-state index is 0.000108. The molecule has 3 atom stereocenters. The second kappa shape index (κ2) is 17.6. The lowest BCUT2D eigenvalue weighted by molar-refractivity contribution is -0.245. The maximum Gasteiger partial charge on any atom is 0.224 e. The largest absolute Gasteiger partial charge is 0.397 e. The fourth-order valence-corrected chi connectivity index (χ4v) is 6.17. The number of pyridine rings is 1. The van der Waals surface area contributed by atoms with E-state index in [1.54, 1.807) is 30.1 Å². The first-order chi connectivity index (χ1) is 23.0. The van der Waals surface area contributed by atoms with Gasteiger partial charge >= 0.3 is 0 Å². The minimum atomic E-state index is -0.545. The van der Waals surface area contributed by atoms with Gasteiger partial charge in [0.1, 0.15) is 0 Å². The Hall–Kier alpha value is -4.22. The van der Waals surface area contributed by atoms with Crippen molar-refractivity contribution in [3.05, 3.63) is 119 Å². The van der Waals surface area contributed by atoms with Gasteiger partial charge in [-0.15, -0.1) is 11.8 Å². The van der Waals surface area contributed by atoms with Crippen LogP contribution in [0.25, 0.3) is 0 Å². The second-order valence-corrected chi connectivity index (χ2v) is 12.6. The highest BCUT2D eigenvalue weighted by atomic mass is 32.2. The summed E-state index contributed by atoms with van der Waals surface area (Å²) >= 11 is 1.66. The number of carbonyl (C=O) groups excluding carboxylic acids is 2. The molecule has 2 amide bonds. The van der Waals surface area contributed by atoms with Crippen LogP contribution in [-0.4, -0.2) is 33.8 Å². The van der Waals surface area contributed by atoms with E-state index < -0.39 is 6.29 Å². The van der Waals surface area contributed by atoms with Gasteiger partial charge in [-0.2, -0.15) is 0 Å². The van der Waals surface area contributed by atoms with Crippen LogP contribution >= 0.6 is 11.8 Å². The number of aliphatic hydroxyl groups excluding tert-OH is 1. The molecule has 5 rings (SSSR count). The lowest BCUT2D eigenvalue weighted by Crippen LogP contribution is -2.31. The number of amides is 2. The molecular weight excluding hydrogens is 612 g/mol. The van der Waals surface area contributed by atoms with E-state index in [9.17, 15) is 14.7 Å². The zero-order valence-corrected chi connectivity index (χ0v) is 27.2. The van der Waals surface area contributed by atoms with E-state index in [0.29, 0.717) is 50.0 Å². The quantitative estimate of drug-likeness (QED) is 0.0632. The number of aliphatic hydroxyl groups is 1. The van der Waals surface area contributed by atoms with Gasteiger partial charge in [0.25, 0.3) is 0 Å². The number of thioether (sulfide) groups is 1. The zero-order chi connectivity index (χ0) is 32.8. The molecule has 1 saturated heterocycles. The fraction of sp³-hybridized carbons (Fsp3) is 0.324. The number of rotatable bonds is 15. The van der Waals surface area contributed by atoms with Crippen LogP contribution in [0.15, 0.2) is 102 Å². The summed E-state index contributed by atoms with van der Waals surface area (Å²) in [5.41, 5.74) is 10.8. The smallest absolute Gasteiger partial charge is 0.224 e. The number of carbonyl (C=O) groups is 2. The number of ether oxygens (including phenoxy) is 2. The Kier molecular flexibility index (Phi) is 12.8. The average molecular weight is 655 g/mol. The molecule has 0 radical (unpaired) electrons. The van der Waals surface area contributed by atoms with Crippen LogP contribution in [0.2, 0.25) is 0 Å². The maximum atomic E-state index is 12.5. The standard InChI is InChI=1S/C37H42N4O5S/c38-31-8-4-5-9-32(31)41-35(44)11-3-1-2-10-34(43)40-23-26-13-19-29(20-14-26)37-45-30(25-47-36-12-6-7-21-39-36)22-33(46-37)28-17-15-27(24-42)16-18-28/h4-9,12-21,30,33,37,42H,1-3,10-11,22-25,38H2,(H,40,43)(H,41,44). The van der Waals surface area contributed by atoms with Gasteiger partial charge in [0.15, 0.2) is 6.29 Å². The van der Waals surface area contributed by atoms with Crippen LogP contribution in [0.1, 0.15) is 73.2 Å². The summed E-state index contributed by atoms with van der Waals surface area (Å²) in [6.45, 7) is 0.426. The van der Waals surface area contributed by atoms with Gasteiger partial charge in [-0.3, -0.25) is 9.59 Å². The SMILES string of the molecule is Nc1ccccc1NC(=O)CCCCCC(=O)NCc1ccc(C2OC(CSc3ccccn3)CC(c3ccc(CO)cc3)O2)cc1. The molecule has 0 aliphatic carbocycles. The highest BCUT2D eigenvalue weighted by molar-refractivity contribution is 7.99. The molecular formula is C37H42N4O5S. The van der Waals surface area contributed by atoms with Gasteiger partial charge in [-0.05, 0) is 53.8 Å². The Morgan fingerprint density at radius 2 is 1.53 bits per heavy atom. The van der Waals surface area contributed by atoms with Crippen molar-refractivity contribution in [2.75, 3.05) is 16.8 Å². The van der Waals surface area contributed by atoms with E-state index in [-0.39, 0.29) is 30.6 Å². The van der Waals surface area contributed by atoms with Gasteiger partial charge in [-0.1, -0.05) is 73.2 Å². The van der Waals surface area contributed by atoms with Crippen molar-refractivity contribution >= 4 is 35.0 Å². The first-order valence-corrected chi connectivity index (χ1v) is 17.0. The predicted octanol–water partition coefficient (Wildman–Crippen LogP) is 6.70. The van der Waals surface area contributed by atoms with E-state index in [2.05, 4.69) is 15.6 Å². The Labute approximate surface area is 280 Å². The fourth-order valence-electron chi connectivity index (χ4n) is 5.29. The van der Waals surface area contributed by atoms with E-state index in [1.807, 2.05) is 78.9 Å². The van der Waals surface area contributed by atoms with Crippen molar-refractivity contribution in [3.8, 4) is 0 Å². The molecule has 1 aliphatic heterocycles. The molecule has 0 bridgehead atoms. The normalized spacial score (nSPS) is 17.6. The number of nitrogens with zero attached hydrogens (tertiary/aromatic N) is 1. The Morgan fingerprint density at radius 1 is 0.830 bits per heavy atom. The summed E-state index contributed by atoms with van der Waals surface area (Å²) in [6.07, 6.45) is 4.73. The molecule has 4 aromatic rings. The molecule has 3 unspecified atom stereocenters. The molecule has 47 heavy (non-hydrogen) atoms. The number of aromatic nitrogens is 1. The number of unbranched alkanes of at least 4 members (excludes halogenated alkanes) is 2. The third-order valence-electron chi connectivity index (χ3n) is 7.95.